The smallest absolute Gasteiger partial charge is 0.221 e. The molecule has 0 atom stereocenters. The van der Waals surface area contributed by atoms with Crippen LogP contribution in [0.1, 0.15) is 44.6 Å². The molecule has 5 nitrogen and oxygen atoms in total. The minimum Gasteiger partial charge on any atom is -0.361 e. The largest absolute Gasteiger partial charge is 0.361 e. The first-order valence-corrected chi connectivity index (χ1v) is 9.24. The fourth-order valence-corrected chi connectivity index (χ4v) is 3.80. The summed E-state index contributed by atoms with van der Waals surface area (Å²) in [5.41, 5.74) is 2.34. The SMILES string of the molecule is CC(=O)N(CCC(=O)NCCc1c[nH]c2ccccc12)C1CCCC1. The molecular formula is C20H27N3O2. The Morgan fingerprint density at radius 3 is 2.76 bits per heavy atom. The molecule has 0 spiro atoms. The molecule has 1 aromatic carbocycles. The van der Waals surface area contributed by atoms with Gasteiger partial charge in [0.05, 0.1) is 0 Å². The Bertz CT molecular complexity index is 731. The van der Waals surface area contributed by atoms with E-state index < -0.39 is 0 Å². The third-order valence-electron chi connectivity index (χ3n) is 5.14. The van der Waals surface area contributed by atoms with Crippen molar-refractivity contribution in [1.82, 2.24) is 15.2 Å². The zero-order chi connectivity index (χ0) is 17.6. The molecule has 0 radical (unpaired) electrons. The summed E-state index contributed by atoms with van der Waals surface area (Å²) in [6, 6.07) is 8.51. The van der Waals surface area contributed by atoms with Gasteiger partial charge in [0.25, 0.3) is 0 Å². The van der Waals surface area contributed by atoms with Crippen molar-refractivity contribution in [2.75, 3.05) is 13.1 Å². The number of para-hydroxylation sites is 1. The number of H-pyrrole nitrogens is 1. The van der Waals surface area contributed by atoms with Gasteiger partial charge in [-0.15, -0.1) is 0 Å². The van der Waals surface area contributed by atoms with Gasteiger partial charge < -0.3 is 15.2 Å². The third kappa shape index (κ3) is 4.41. The van der Waals surface area contributed by atoms with Crippen LogP contribution in [0.25, 0.3) is 10.9 Å². The molecule has 1 aliphatic rings. The number of nitrogens with one attached hydrogen (secondary N) is 2. The van der Waals surface area contributed by atoms with Gasteiger partial charge in [-0.05, 0) is 30.9 Å². The Balaban J connectivity index is 1.44. The van der Waals surface area contributed by atoms with E-state index in [1.807, 2.05) is 23.2 Å². The molecule has 1 aliphatic carbocycles. The molecule has 25 heavy (non-hydrogen) atoms. The molecule has 5 heteroatoms. The fourth-order valence-electron chi connectivity index (χ4n) is 3.80. The van der Waals surface area contributed by atoms with Gasteiger partial charge in [0, 0.05) is 49.6 Å². The number of hydrogen-bond acceptors (Lipinski definition) is 2. The van der Waals surface area contributed by atoms with Crippen molar-refractivity contribution < 1.29 is 9.59 Å². The van der Waals surface area contributed by atoms with Gasteiger partial charge in [-0.1, -0.05) is 31.0 Å². The minimum absolute atomic E-state index is 0.0177. The highest BCUT2D eigenvalue weighted by atomic mass is 16.2. The Kier molecular flexibility index (Phi) is 5.74. The van der Waals surface area contributed by atoms with E-state index >= 15 is 0 Å². The second-order valence-electron chi connectivity index (χ2n) is 6.86. The molecule has 1 saturated carbocycles. The first kappa shape index (κ1) is 17.5. The highest BCUT2D eigenvalue weighted by molar-refractivity contribution is 5.83. The van der Waals surface area contributed by atoms with Crippen LogP contribution < -0.4 is 5.32 Å². The zero-order valence-electron chi connectivity index (χ0n) is 14.9. The molecule has 134 valence electrons. The maximum absolute atomic E-state index is 12.1. The number of benzene rings is 1. The van der Waals surface area contributed by atoms with Gasteiger partial charge in [-0.3, -0.25) is 9.59 Å². The van der Waals surface area contributed by atoms with Crippen molar-refractivity contribution in [3.8, 4) is 0 Å². The summed E-state index contributed by atoms with van der Waals surface area (Å²) in [6.07, 6.45) is 7.70. The van der Waals surface area contributed by atoms with Crippen molar-refractivity contribution in [1.29, 1.82) is 0 Å². The number of fused-ring (bicyclic) bond motifs is 1. The molecular weight excluding hydrogens is 314 g/mol. The van der Waals surface area contributed by atoms with E-state index in [4.69, 9.17) is 0 Å². The molecule has 2 N–H and O–H groups in total. The van der Waals surface area contributed by atoms with Crippen molar-refractivity contribution in [2.24, 2.45) is 0 Å². The van der Waals surface area contributed by atoms with Crippen LogP contribution in [0, 0.1) is 0 Å². The molecule has 2 amide bonds. The van der Waals surface area contributed by atoms with Gasteiger partial charge in [0.2, 0.25) is 11.8 Å². The van der Waals surface area contributed by atoms with Crippen LogP contribution in [0.3, 0.4) is 0 Å². The van der Waals surface area contributed by atoms with E-state index in [9.17, 15) is 9.59 Å². The average molecular weight is 341 g/mol. The van der Waals surface area contributed by atoms with Gasteiger partial charge >= 0.3 is 0 Å². The van der Waals surface area contributed by atoms with E-state index in [-0.39, 0.29) is 11.8 Å². The first-order chi connectivity index (χ1) is 12.1. The lowest BCUT2D eigenvalue weighted by Crippen LogP contribution is -2.40. The predicted octanol–water partition coefficient (Wildman–Crippen LogP) is 3.01. The van der Waals surface area contributed by atoms with Crippen molar-refractivity contribution >= 4 is 22.7 Å². The zero-order valence-corrected chi connectivity index (χ0v) is 14.9. The Labute approximate surface area is 148 Å². The summed E-state index contributed by atoms with van der Waals surface area (Å²) in [5, 5.41) is 4.19. The van der Waals surface area contributed by atoms with Gasteiger partial charge in [-0.2, -0.15) is 0 Å². The van der Waals surface area contributed by atoms with Crippen molar-refractivity contribution in [3.63, 3.8) is 0 Å². The van der Waals surface area contributed by atoms with Gasteiger partial charge in [0.15, 0.2) is 0 Å². The second kappa shape index (κ2) is 8.19. The van der Waals surface area contributed by atoms with E-state index in [2.05, 4.69) is 22.4 Å². The second-order valence-corrected chi connectivity index (χ2v) is 6.86. The molecule has 2 aromatic rings. The number of aromatic amines is 1. The lowest BCUT2D eigenvalue weighted by molar-refractivity contribution is -0.131. The topological polar surface area (TPSA) is 65.2 Å². The maximum atomic E-state index is 12.1. The van der Waals surface area contributed by atoms with Crippen LogP contribution in [0.5, 0.6) is 0 Å². The molecule has 0 saturated heterocycles. The maximum Gasteiger partial charge on any atom is 0.221 e. The predicted molar refractivity (Wildman–Crippen MR) is 99.3 cm³/mol. The summed E-state index contributed by atoms with van der Waals surface area (Å²) >= 11 is 0. The Morgan fingerprint density at radius 1 is 1.24 bits per heavy atom. The van der Waals surface area contributed by atoms with Crippen LogP contribution in [-0.2, 0) is 16.0 Å². The normalized spacial score (nSPS) is 14.8. The van der Waals surface area contributed by atoms with Crippen LogP contribution >= 0.6 is 0 Å². The number of aromatic nitrogens is 1. The number of hydrogen-bond donors (Lipinski definition) is 2. The summed E-state index contributed by atoms with van der Waals surface area (Å²) in [7, 11) is 0. The molecule has 1 fully saturated rings. The highest BCUT2D eigenvalue weighted by Gasteiger charge is 2.24. The molecule has 1 heterocycles. The monoisotopic (exact) mass is 341 g/mol. The molecule has 3 rings (SSSR count). The van der Waals surface area contributed by atoms with Crippen molar-refractivity contribution in [3.05, 3.63) is 36.0 Å². The summed E-state index contributed by atoms with van der Waals surface area (Å²) < 4.78 is 0. The third-order valence-corrected chi connectivity index (χ3v) is 5.14. The molecule has 0 bridgehead atoms. The number of carbonyl (C=O) groups excluding carboxylic acids is 2. The van der Waals surface area contributed by atoms with Crippen LogP contribution in [0.2, 0.25) is 0 Å². The van der Waals surface area contributed by atoms with Gasteiger partial charge in [0.1, 0.15) is 0 Å². The first-order valence-electron chi connectivity index (χ1n) is 9.24. The number of amides is 2. The Morgan fingerprint density at radius 2 is 2.00 bits per heavy atom. The minimum atomic E-state index is 0.0177. The van der Waals surface area contributed by atoms with Crippen molar-refractivity contribution in [2.45, 2.75) is 51.5 Å². The number of nitrogens with zero attached hydrogens (tertiary/aromatic N) is 1. The van der Waals surface area contributed by atoms with Crippen LogP contribution in [0.15, 0.2) is 30.5 Å². The summed E-state index contributed by atoms with van der Waals surface area (Å²) in [6.45, 7) is 2.75. The number of rotatable bonds is 7. The fraction of sp³-hybridized carbons (Fsp3) is 0.500. The summed E-state index contributed by atoms with van der Waals surface area (Å²) in [4.78, 5) is 29.1. The van der Waals surface area contributed by atoms with Crippen LogP contribution in [0.4, 0.5) is 0 Å². The van der Waals surface area contributed by atoms with Gasteiger partial charge in [-0.25, -0.2) is 0 Å². The van der Waals surface area contributed by atoms with E-state index in [0.717, 1.165) is 24.8 Å². The standard InChI is InChI=1S/C20H27N3O2/c1-15(24)23(17-6-2-3-7-17)13-11-20(25)21-12-10-16-14-22-19-9-5-4-8-18(16)19/h4-5,8-9,14,17,22H,2-3,6-7,10-13H2,1H3,(H,21,25). The lowest BCUT2D eigenvalue weighted by Gasteiger charge is -2.27. The van der Waals surface area contributed by atoms with E-state index in [1.165, 1.54) is 23.8 Å². The molecule has 0 unspecified atom stereocenters. The molecule has 0 aliphatic heterocycles. The highest BCUT2D eigenvalue weighted by Crippen LogP contribution is 2.23. The van der Waals surface area contributed by atoms with E-state index in [0.29, 0.717) is 25.6 Å². The number of carbonyl (C=O) groups is 2. The quantitative estimate of drug-likeness (QED) is 0.813. The molecule has 1 aromatic heterocycles. The lowest BCUT2D eigenvalue weighted by atomic mass is 10.1. The average Bonchev–Trinajstić information content (AvgIpc) is 3.25. The van der Waals surface area contributed by atoms with Crippen LogP contribution in [-0.4, -0.2) is 40.8 Å². The van der Waals surface area contributed by atoms with E-state index in [1.54, 1.807) is 6.92 Å². The summed E-state index contributed by atoms with van der Waals surface area (Å²) in [5.74, 6) is 0.0996. The Hall–Kier alpha value is -2.30.